The van der Waals surface area contributed by atoms with Crippen LogP contribution in [0.25, 0.3) is 0 Å². The largest absolute Gasteiger partial charge is 0.338 e. The normalized spacial score (nSPS) is 17.2. The minimum absolute atomic E-state index is 0.0725. The number of pyridine rings is 1. The number of hydrogen-bond donors (Lipinski definition) is 1. The van der Waals surface area contributed by atoms with Gasteiger partial charge < -0.3 is 9.84 Å². The Balaban J connectivity index is 1.47. The molecule has 1 atom stereocenters. The van der Waals surface area contributed by atoms with Crippen LogP contribution in [0.5, 0.6) is 0 Å². The molecule has 1 saturated heterocycles. The SMILES string of the molecule is CC(C)c1noc(CN2CCN(C(C)C(=O)Nc3ccc(Cl)cn3)CC2)n1. The van der Waals surface area contributed by atoms with E-state index in [0.717, 1.165) is 32.0 Å². The molecule has 27 heavy (non-hydrogen) atoms. The number of nitrogens with zero attached hydrogens (tertiary/aromatic N) is 5. The Morgan fingerprint density at radius 3 is 2.59 bits per heavy atom. The third-order valence-corrected chi connectivity index (χ3v) is 4.90. The fourth-order valence-electron chi connectivity index (χ4n) is 2.91. The van der Waals surface area contributed by atoms with Gasteiger partial charge in [-0.15, -0.1) is 0 Å². The highest BCUT2D eigenvalue weighted by Crippen LogP contribution is 2.14. The second-order valence-corrected chi connectivity index (χ2v) is 7.48. The van der Waals surface area contributed by atoms with Crippen molar-refractivity contribution in [1.82, 2.24) is 24.9 Å². The Hall–Kier alpha value is -2.03. The predicted molar refractivity (Wildman–Crippen MR) is 103 cm³/mol. The molecule has 146 valence electrons. The summed E-state index contributed by atoms with van der Waals surface area (Å²) in [6, 6.07) is 3.16. The van der Waals surface area contributed by atoms with Crippen LogP contribution in [-0.4, -0.2) is 63.1 Å². The summed E-state index contributed by atoms with van der Waals surface area (Å²) < 4.78 is 5.32. The molecule has 0 aliphatic carbocycles. The first kappa shape index (κ1) is 19.7. The number of piperazine rings is 1. The Morgan fingerprint density at radius 1 is 1.26 bits per heavy atom. The van der Waals surface area contributed by atoms with Gasteiger partial charge in [-0.1, -0.05) is 30.6 Å². The van der Waals surface area contributed by atoms with Crippen molar-refractivity contribution in [3.8, 4) is 0 Å². The van der Waals surface area contributed by atoms with E-state index in [1.54, 1.807) is 12.1 Å². The van der Waals surface area contributed by atoms with Crippen LogP contribution in [0.3, 0.4) is 0 Å². The third kappa shape index (κ3) is 5.24. The third-order valence-electron chi connectivity index (χ3n) is 4.67. The average molecular weight is 393 g/mol. The molecule has 3 rings (SSSR count). The summed E-state index contributed by atoms with van der Waals surface area (Å²) in [5.41, 5.74) is 0. The number of hydrogen-bond acceptors (Lipinski definition) is 7. The van der Waals surface area contributed by atoms with Crippen LogP contribution in [0.1, 0.15) is 38.4 Å². The van der Waals surface area contributed by atoms with Crippen molar-refractivity contribution in [1.29, 1.82) is 0 Å². The first-order chi connectivity index (χ1) is 12.9. The van der Waals surface area contributed by atoms with Gasteiger partial charge in [-0.25, -0.2) is 4.98 Å². The van der Waals surface area contributed by atoms with Crippen molar-refractivity contribution in [2.75, 3.05) is 31.5 Å². The summed E-state index contributed by atoms with van der Waals surface area (Å²) >= 11 is 5.82. The highest BCUT2D eigenvalue weighted by Gasteiger charge is 2.26. The van der Waals surface area contributed by atoms with Gasteiger partial charge in [0.15, 0.2) is 5.82 Å². The average Bonchev–Trinajstić information content (AvgIpc) is 3.12. The predicted octanol–water partition coefficient (Wildman–Crippen LogP) is 2.39. The van der Waals surface area contributed by atoms with E-state index >= 15 is 0 Å². The molecule has 1 N–H and O–H groups in total. The molecule has 0 spiro atoms. The minimum Gasteiger partial charge on any atom is -0.338 e. The number of carbonyl (C=O) groups is 1. The lowest BCUT2D eigenvalue weighted by molar-refractivity contribution is -0.121. The van der Waals surface area contributed by atoms with E-state index in [1.165, 1.54) is 6.20 Å². The lowest BCUT2D eigenvalue weighted by Crippen LogP contribution is -2.52. The Morgan fingerprint density at radius 2 is 2.00 bits per heavy atom. The van der Waals surface area contributed by atoms with Gasteiger partial charge in [0.25, 0.3) is 0 Å². The molecular formula is C18H25ClN6O2. The number of anilines is 1. The Labute approximate surface area is 163 Å². The van der Waals surface area contributed by atoms with E-state index in [0.29, 0.717) is 23.3 Å². The fraction of sp³-hybridized carbons (Fsp3) is 0.556. The number of rotatable bonds is 6. The zero-order valence-electron chi connectivity index (χ0n) is 15.9. The van der Waals surface area contributed by atoms with E-state index in [-0.39, 0.29) is 17.9 Å². The molecule has 2 aromatic heterocycles. The van der Waals surface area contributed by atoms with Gasteiger partial charge in [0.05, 0.1) is 17.6 Å². The van der Waals surface area contributed by atoms with Crippen LogP contribution < -0.4 is 5.32 Å². The molecule has 0 aromatic carbocycles. The monoisotopic (exact) mass is 392 g/mol. The van der Waals surface area contributed by atoms with Crippen LogP contribution in [0.4, 0.5) is 5.82 Å². The Bertz CT molecular complexity index is 755. The standard InChI is InChI=1S/C18H25ClN6O2/c1-12(2)17-22-16(27-23-17)11-24-6-8-25(9-7-24)13(3)18(26)21-15-5-4-14(19)10-20-15/h4-5,10,12-13H,6-9,11H2,1-3H3,(H,20,21,26). The zero-order valence-corrected chi connectivity index (χ0v) is 16.6. The van der Waals surface area contributed by atoms with Crippen molar-refractivity contribution in [3.63, 3.8) is 0 Å². The van der Waals surface area contributed by atoms with Crippen molar-refractivity contribution < 1.29 is 9.32 Å². The van der Waals surface area contributed by atoms with Crippen molar-refractivity contribution in [3.05, 3.63) is 35.1 Å². The van der Waals surface area contributed by atoms with E-state index in [2.05, 4.69) is 30.2 Å². The van der Waals surface area contributed by atoms with E-state index < -0.39 is 0 Å². The summed E-state index contributed by atoms with van der Waals surface area (Å²) in [5.74, 6) is 2.08. The van der Waals surface area contributed by atoms with Crippen molar-refractivity contribution in [2.24, 2.45) is 0 Å². The van der Waals surface area contributed by atoms with Crippen LogP contribution in [0, 0.1) is 0 Å². The van der Waals surface area contributed by atoms with Crippen molar-refractivity contribution in [2.45, 2.75) is 39.3 Å². The highest BCUT2D eigenvalue weighted by molar-refractivity contribution is 6.30. The first-order valence-corrected chi connectivity index (χ1v) is 9.51. The summed E-state index contributed by atoms with van der Waals surface area (Å²) in [4.78, 5) is 25.4. The van der Waals surface area contributed by atoms with Crippen LogP contribution in [0.2, 0.25) is 5.02 Å². The maximum atomic E-state index is 12.5. The quantitative estimate of drug-likeness (QED) is 0.807. The molecule has 0 bridgehead atoms. The maximum Gasteiger partial charge on any atom is 0.242 e. The molecule has 1 aliphatic heterocycles. The van der Waals surface area contributed by atoms with E-state index in [4.69, 9.17) is 16.1 Å². The number of nitrogens with one attached hydrogen (secondary N) is 1. The molecule has 2 aromatic rings. The molecule has 0 saturated carbocycles. The molecule has 3 heterocycles. The molecule has 9 heteroatoms. The lowest BCUT2D eigenvalue weighted by atomic mass is 10.2. The second-order valence-electron chi connectivity index (χ2n) is 7.04. The molecule has 8 nitrogen and oxygen atoms in total. The van der Waals surface area contributed by atoms with Crippen LogP contribution in [-0.2, 0) is 11.3 Å². The van der Waals surface area contributed by atoms with E-state index in [1.807, 2.05) is 20.8 Å². The van der Waals surface area contributed by atoms with Crippen LogP contribution >= 0.6 is 11.6 Å². The smallest absolute Gasteiger partial charge is 0.242 e. The zero-order chi connectivity index (χ0) is 19.4. The molecule has 0 radical (unpaired) electrons. The van der Waals surface area contributed by atoms with Gasteiger partial charge in [-0.3, -0.25) is 14.6 Å². The summed E-state index contributed by atoms with van der Waals surface area (Å²) in [6.45, 7) is 9.92. The number of amides is 1. The van der Waals surface area contributed by atoms with Gasteiger partial charge in [0.1, 0.15) is 5.82 Å². The summed E-state index contributed by atoms with van der Waals surface area (Å²) in [7, 11) is 0. The molecule has 1 aliphatic rings. The molecule has 1 amide bonds. The van der Waals surface area contributed by atoms with Crippen molar-refractivity contribution >= 4 is 23.3 Å². The first-order valence-electron chi connectivity index (χ1n) is 9.13. The topological polar surface area (TPSA) is 87.4 Å². The molecule has 1 unspecified atom stereocenters. The van der Waals surface area contributed by atoms with Crippen LogP contribution in [0.15, 0.2) is 22.9 Å². The number of halogens is 1. The minimum atomic E-state index is -0.236. The van der Waals surface area contributed by atoms with Gasteiger partial charge in [-0.2, -0.15) is 4.98 Å². The highest BCUT2D eigenvalue weighted by atomic mass is 35.5. The molecular weight excluding hydrogens is 368 g/mol. The van der Waals surface area contributed by atoms with Gasteiger partial charge in [-0.05, 0) is 19.1 Å². The number of carbonyl (C=O) groups excluding carboxylic acids is 1. The summed E-state index contributed by atoms with van der Waals surface area (Å²) in [5, 5.41) is 7.38. The Kier molecular flexibility index (Phi) is 6.41. The summed E-state index contributed by atoms with van der Waals surface area (Å²) in [6.07, 6.45) is 1.52. The van der Waals surface area contributed by atoms with E-state index in [9.17, 15) is 4.79 Å². The number of aromatic nitrogens is 3. The van der Waals surface area contributed by atoms with Gasteiger partial charge >= 0.3 is 0 Å². The fourth-order valence-corrected chi connectivity index (χ4v) is 3.02. The maximum absolute atomic E-state index is 12.5. The molecule has 1 fully saturated rings. The second kappa shape index (κ2) is 8.77. The van der Waals surface area contributed by atoms with Gasteiger partial charge in [0, 0.05) is 38.3 Å². The lowest BCUT2D eigenvalue weighted by Gasteiger charge is -2.36. The van der Waals surface area contributed by atoms with Gasteiger partial charge in [0.2, 0.25) is 11.8 Å².